The van der Waals surface area contributed by atoms with E-state index in [2.05, 4.69) is 23.7 Å². The first-order chi connectivity index (χ1) is 9.90. The molecule has 6 heteroatoms. The highest BCUT2D eigenvalue weighted by molar-refractivity contribution is 7.17. The number of aromatic nitrogens is 1. The van der Waals surface area contributed by atoms with Crippen LogP contribution in [0.5, 0.6) is 0 Å². The number of carboxylic acids is 1. The summed E-state index contributed by atoms with van der Waals surface area (Å²) in [7, 11) is 0. The molecule has 1 N–H and O–H groups in total. The van der Waals surface area contributed by atoms with Gasteiger partial charge in [0.2, 0.25) is 0 Å². The maximum absolute atomic E-state index is 11.6. The number of carbonyl (C=O) groups excluding carboxylic acids is 1. The number of anilines is 1. The number of Topliss-reactive ketones (excluding diaryl/α,β-unsaturated/α-hetero) is 1. The number of aromatic carboxylic acids is 1. The van der Waals surface area contributed by atoms with E-state index in [1.165, 1.54) is 31.1 Å². The first-order valence-electron chi connectivity index (χ1n) is 7.41. The van der Waals surface area contributed by atoms with E-state index in [-0.39, 0.29) is 16.4 Å². The van der Waals surface area contributed by atoms with E-state index >= 15 is 0 Å². The van der Waals surface area contributed by atoms with E-state index in [0.29, 0.717) is 17.1 Å². The van der Waals surface area contributed by atoms with Gasteiger partial charge >= 0.3 is 5.97 Å². The predicted octanol–water partition coefficient (Wildman–Crippen LogP) is 3.45. The normalized spacial score (nSPS) is 15.6. The van der Waals surface area contributed by atoms with Crippen molar-refractivity contribution in [2.45, 2.75) is 52.5 Å². The molecule has 116 valence electrons. The number of thiazole rings is 1. The summed E-state index contributed by atoms with van der Waals surface area (Å²) in [6, 6.07) is 0.417. The zero-order valence-electron chi connectivity index (χ0n) is 12.8. The van der Waals surface area contributed by atoms with Crippen LogP contribution in [0, 0.1) is 5.92 Å². The highest BCUT2D eigenvalue weighted by atomic mass is 32.1. The van der Waals surface area contributed by atoms with Crippen LogP contribution in [-0.4, -0.2) is 34.4 Å². The van der Waals surface area contributed by atoms with Crippen LogP contribution in [0.2, 0.25) is 0 Å². The fourth-order valence-corrected chi connectivity index (χ4v) is 3.84. The molecule has 5 nitrogen and oxygen atoms in total. The number of ketones is 1. The number of rotatable bonds is 6. The van der Waals surface area contributed by atoms with E-state index in [1.807, 2.05) is 0 Å². The lowest BCUT2D eigenvalue weighted by atomic mass is 10.1. The molecule has 0 saturated heterocycles. The standard InChI is InChI=1S/C15H22N2O3S/c1-9(2)8-17(11-6-4-5-7-11)15-16-12(14(19)20)13(21-15)10(3)18/h9,11H,4-8H2,1-3H3,(H,19,20). The molecule has 0 aliphatic heterocycles. The summed E-state index contributed by atoms with van der Waals surface area (Å²) >= 11 is 1.22. The van der Waals surface area contributed by atoms with Gasteiger partial charge in [-0.05, 0) is 18.8 Å². The first-order valence-corrected chi connectivity index (χ1v) is 8.23. The van der Waals surface area contributed by atoms with Crippen molar-refractivity contribution in [2.24, 2.45) is 5.92 Å². The molecule has 2 rings (SSSR count). The first kappa shape index (κ1) is 15.9. The van der Waals surface area contributed by atoms with Gasteiger partial charge in [-0.15, -0.1) is 0 Å². The Kier molecular flexibility index (Phi) is 4.98. The summed E-state index contributed by atoms with van der Waals surface area (Å²) in [5.41, 5.74) is -0.103. The molecule has 1 saturated carbocycles. The average Bonchev–Trinajstić information content (AvgIpc) is 3.05. The Morgan fingerprint density at radius 2 is 2.00 bits per heavy atom. The van der Waals surface area contributed by atoms with E-state index in [1.54, 1.807) is 0 Å². The third-order valence-electron chi connectivity index (χ3n) is 3.71. The third-order valence-corrected chi connectivity index (χ3v) is 4.90. The molecule has 0 spiro atoms. The fourth-order valence-electron chi connectivity index (χ4n) is 2.81. The minimum Gasteiger partial charge on any atom is -0.476 e. The van der Waals surface area contributed by atoms with Gasteiger partial charge in [-0.3, -0.25) is 4.79 Å². The maximum Gasteiger partial charge on any atom is 0.356 e. The van der Waals surface area contributed by atoms with Crippen LogP contribution in [0.3, 0.4) is 0 Å². The molecule has 0 radical (unpaired) electrons. The molecule has 1 aromatic rings. The Labute approximate surface area is 129 Å². The maximum atomic E-state index is 11.6. The predicted molar refractivity (Wildman–Crippen MR) is 83.5 cm³/mol. The summed E-state index contributed by atoms with van der Waals surface area (Å²) < 4.78 is 0. The molecule has 0 amide bonds. The summed E-state index contributed by atoms with van der Waals surface area (Å²) in [6.07, 6.45) is 4.64. The number of nitrogens with zero attached hydrogens (tertiary/aromatic N) is 2. The van der Waals surface area contributed by atoms with Crippen molar-refractivity contribution in [1.82, 2.24) is 4.98 Å². The van der Waals surface area contributed by atoms with E-state index in [9.17, 15) is 14.7 Å². The van der Waals surface area contributed by atoms with Gasteiger partial charge < -0.3 is 10.0 Å². The van der Waals surface area contributed by atoms with E-state index in [0.717, 1.165) is 19.4 Å². The lowest BCUT2D eigenvalue weighted by Crippen LogP contribution is -2.36. The Morgan fingerprint density at radius 1 is 1.38 bits per heavy atom. The molecule has 21 heavy (non-hydrogen) atoms. The topological polar surface area (TPSA) is 70.5 Å². The molecule has 0 aromatic carbocycles. The van der Waals surface area contributed by atoms with Crippen molar-refractivity contribution < 1.29 is 14.7 Å². The van der Waals surface area contributed by atoms with Crippen LogP contribution in [0.1, 0.15) is 66.6 Å². The van der Waals surface area contributed by atoms with Crippen LogP contribution in [-0.2, 0) is 0 Å². The Morgan fingerprint density at radius 3 is 2.43 bits per heavy atom. The van der Waals surface area contributed by atoms with Gasteiger partial charge in [0.05, 0.1) is 0 Å². The van der Waals surface area contributed by atoms with Crippen LogP contribution < -0.4 is 4.90 Å². The number of hydrogen-bond donors (Lipinski definition) is 1. The largest absolute Gasteiger partial charge is 0.476 e. The molecule has 0 unspecified atom stereocenters. The number of hydrogen-bond acceptors (Lipinski definition) is 5. The molecule has 0 atom stereocenters. The molecular weight excluding hydrogens is 288 g/mol. The van der Waals surface area contributed by atoms with Crippen molar-refractivity contribution in [1.29, 1.82) is 0 Å². The number of carbonyl (C=O) groups is 2. The summed E-state index contributed by atoms with van der Waals surface area (Å²) in [6.45, 7) is 6.51. The van der Waals surface area contributed by atoms with Gasteiger partial charge in [0.15, 0.2) is 16.6 Å². The van der Waals surface area contributed by atoms with E-state index < -0.39 is 5.97 Å². The van der Waals surface area contributed by atoms with Gasteiger partial charge in [-0.2, -0.15) is 0 Å². The van der Waals surface area contributed by atoms with Crippen LogP contribution >= 0.6 is 11.3 Å². The fraction of sp³-hybridized carbons (Fsp3) is 0.667. The van der Waals surface area contributed by atoms with Crippen molar-refractivity contribution in [3.63, 3.8) is 0 Å². The van der Waals surface area contributed by atoms with Crippen molar-refractivity contribution in [3.05, 3.63) is 10.6 Å². The molecule has 1 fully saturated rings. The Balaban J connectivity index is 2.37. The number of carboxylic acid groups (broad SMARTS) is 1. The third kappa shape index (κ3) is 3.61. The molecule has 0 bridgehead atoms. The smallest absolute Gasteiger partial charge is 0.356 e. The Hall–Kier alpha value is -1.43. The van der Waals surface area contributed by atoms with Crippen LogP contribution in [0.4, 0.5) is 5.13 Å². The summed E-state index contributed by atoms with van der Waals surface area (Å²) in [5, 5.41) is 9.91. The second kappa shape index (κ2) is 6.56. The molecule has 1 aromatic heterocycles. The minimum absolute atomic E-state index is 0.103. The van der Waals surface area contributed by atoms with Gasteiger partial charge in [0, 0.05) is 19.5 Å². The van der Waals surface area contributed by atoms with Crippen molar-refractivity contribution in [2.75, 3.05) is 11.4 Å². The lowest BCUT2D eigenvalue weighted by Gasteiger charge is -2.30. The van der Waals surface area contributed by atoms with Gasteiger partial charge in [-0.1, -0.05) is 38.0 Å². The van der Waals surface area contributed by atoms with Crippen LogP contribution in [0.15, 0.2) is 0 Å². The zero-order valence-corrected chi connectivity index (χ0v) is 13.6. The van der Waals surface area contributed by atoms with Gasteiger partial charge in [0.1, 0.15) is 4.88 Å². The highest BCUT2D eigenvalue weighted by Gasteiger charge is 2.29. The van der Waals surface area contributed by atoms with Crippen molar-refractivity contribution in [3.8, 4) is 0 Å². The minimum atomic E-state index is -1.13. The average molecular weight is 310 g/mol. The summed E-state index contributed by atoms with van der Waals surface area (Å²) in [4.78, 5) is 29.6. The summed E-state index contributed by atoms with van der Waals surface area (Å²) in [5.74, 6) is -0.894. The molecule has 1 aliphatic rings. The second-order valence-corrected chi connectivity index (χ2v) is 7.00. The van der Waals surface area contributed by atoms with E-state index in [4.69, 9.17) is 0 Å². The SMILES string of the molecule is CC(=O)c1sc(N(CC(C)C)C2CCCC2)nc1C(=O)O. The van der Waals surface area contributed by atoms with Gasteiger partial charge in [-0.25, -0.2) is 9.78 Å². The highest BCUT2D eigenvalue weighted by Crippen LogP contribution is 2.33. The zero-order chi connectivity index (χ0) is 15.6. The quantitative estimate of drug-likeness (QED) is 0.815. The molecule has 1 heterocycles. The lowest BCUT2D eigenvalue weighted by molar-refractivity contribution is 0.0687. The Bertz CT molecular complexity index is 502. The van der Waals surface area contributed by atoms with Gasteiger partial charge in [0.25, 0.3) is 0 Å². The second-order valence-electron chi connectivity index (χ2n) is 6.02. The molecular formula is C15H22N2O3S. The van der Waals surface area contributed by atoms with Crippen LogP contribution in [0.25, 0.3) is 0 Å². The monoisotopic (exact) mass is 310 g/mol. The van der Waals surface area contributed by atoms with Crippen molar-refractivity contribution >= 4 is 28.2 Å². The molecule has 1 aliphatic carbocycles.